The molecule has 212 valence electrons. The summed E-state index contributed by atoms with van der Waals surface area (Å²) in [5.41, 5.74) is 5.12. The molecule has 3 aromatic carbocycles. The van der Waals surface area contributed by atoms with E-state index in [-0.39, 0.29) is 31.2 Å². The lowest BCUT2D eigenvalue weighted by atomic mass is 10.0. The van der Waals surface area contributed by atoms with Gasteiger partial charge in [0, 0.05) is 68.1 Å². The Morgan fingerprint density at radius 1 is 0.976 bits per heavy atom. The molecular weight excluding hydrogens is 523 g/mol. The minimum absolute atomic E-state index is 0.180. The summed E-state index contributed by atoms with van der Waals surface area (Å²) in [6.45, 7) is 6.40. The van der Waals surface area contributed by atoms with Crippen LogP contribution in [0.5, 0.6) is 5.75 Å². The highest BCUT2D eigenvalue weighted by atomic mass is 19.1. The number of nitrogens with one attached hydrogen (secondary N) is 1. The molecule has 0 bridgehead atoms. The van der Waals surface area contributed by atoms with Gasteiger partial charge in [0.2, 0.25) is 11.8 Å². The van der Waals surface area contributed by atoms with Crippen molar-refractivity contribution in [2.45, 2.75) is 45.5 Å². The van der Waals surface area contributed by atoms with E-state index in [4.69, 9.17) is 4.74 Å². The predicted molar refractivity (Wildman–Crippen MR) is 152 cm³/mol. The number of carbonyl (C=O) groups excluding carboxylic acids is 3. The summed E-state index contributed by atoms with van der Waals surface area (Å²) < 4.78 is 21.0. The maximum atomic E-state index is 14.7. The Bertz CT molecular complexity index is 1490. The van der Waals surface area contributed by atoms with E-state index >= 15 is 0 Å². The van der Waals surface area contributed by atoms with Gasteiger partial charge in [-0.2, -0.15) is 0 Å². The van der Waals surface area contributed by atoms with Gasteiger partial charge in [0.25, 0.3) is 5.91 Å². The molecule has 0 saturated carbocycles. The standard InChI is InChI=1S/C32H33FN4O4/c1-21-7-8-23(29(15-21)41-20-22-5-3-2-4-6-22)18-35-11-13-36(14-12-35)28-17-24(33)16-25-26(28)19-37(32(25)40)27-9-10-30(38)34-31(27)39/h2-8,15-17,27H,9-14,18-20H2,1H3,(H,34,38,39). The van der Waals surface area contributed by atoms with E-state index in [1.807, 2.05) is 18.2 Å². The Balaban J connectivity index is 1.13. The normalized spacial score (nSPS) is 19.4. The number of aryl methyl sites for hydroxylation is 1. The van der Waals surface area contributed by atoms with Crippen molar-refractivity contribution >= 4 is 23.4 Å². The highest BCUT2D eigenvalue weighted by Gasteiger charge is 2.41. The molecule has 1 N–H and O–H groups in total. The van der Waals surface area contributed by atoms with Gasteiger partial charge in [-0.3, -0.25) is 24.6 Å². The highest BCUT2D eigenvalue weighted by molar-refractivity contribution is 6.06. The van der Waals surface area contributed by atoms with Crippen LogP contribution in [0.25, 0.3) is 0 Å². The van der Waals surface area contributed by atoms with Crippen LogP contribution >= 0.6 is 0 Å². The van der Waals surface area contributed by atoms with Gasteiger partial charge in [-0.15, -0.1) is 0 Å². The summed E-state index contributed by atoms with van der Waals surface area (Å²) in [7, 11) is 0. The number of imide groups is 1. The van der Waals surface area contributed by atoms with Crippen LogP contribution in [0.15, 0.2) is 60.7 Å². The molecule has 8 nitrogen and oxygen atoms in total. The fraction of sp³-hybridized carbons (Fsp3) is 0.344. The fourth-order valence-electron chi connectivity index (χ4n) is 5.94. The largest absolute Gasteiger partial charge is 0.489 e. The minimum Gasteiger partial charge on any atom is -0.489 e. The second kappa shape index (κ2) is 11.3. The number of anilines is 1. The van der Waals surface area contributed by atoms with Crippen molar-refractivity contribution in [3.05, 3.63) is 94.3 Å². The number of fused-ring (bicyclic) bond motifs is 1. The fourth-order valence-corrected chi connectivity index (χ4v) is 5.94. The molecule has 2 fully saturated rings. The molecule has 3 amide bonds. The van der Waals surface area contributed by atoms with E-state index in [0.717, 1.165) is 47.6 Å². The van der Waals surface area contributed by atoms with Crippen molar-refractivity contribution in [1.82, 2.24) is 15.1 Å². The van der Waals surface area contributed by atoms with Crippen molar-refractivity contribution < 1.29 is 23.5 Å². The lowest BCUT2D eigenvalue weighted by Gasteiger charge is -2.37. The number of hydrogen-bond donors (Lipinski definition) is 1. The third-order valence-corrected chi connectivity index (χ3v) is 8.16. The van der Waals surface area contributed by atoms with Crippen LogP contribution < -0.4 is 15.0 Å². The summed E-state index contributed by atoms with van der Waals surface area (Å²) in [5, 5.41) is 2.32. The van der Waals surface area contributed by atoms with E-state index < -0.39 is 17.8 Å². The van der Waals surface area contributed by atoms with Crippen molar-refractivity contribution in [3.63, 3.8) is 0 Å². The van der Waals surface area contributed by atoms with Crippen molar-refractivity contribution in [2.75, 3.05) is 31.1 Å². The molecule has 0 radical (unpaired) electrons. The van der Waals surface area contributed by atoms with Crippen LogP contribution in [-0.4, -0.2) is 59.7 Å². The quantitative estimate of drug-likeness (QED) is 0.446. The van der Waals surface area contributed by atoms with Gasteiger partial charge in [0.15, 0.2) is 0 Å². The lowest BCUT2D eigenvalue weighted by molar-refractivity contribution is -0.136. The first-order chi connectivity index (χ1) is 19.9. The highest BCUT2D eigenvalue weighted by Crippen LogP contribution is 2.36. The first-order valence-corrected chi connectivity index (χ1v) is 14.1. The smallest absolute Gasteiger partial charge is 0.255 e. The monoisotopic (exact) mass is 556 g/mol. The van der Waals surface area contributed by atoms with Crippen LogP contribution in [0.2, 0.25) is 0 Å². The molecule has 2 saturated heterocycles. The van der Waals surface area contributed by atoms with Gasteiger partial charge >= 0.3 is 0 Å². The molecule has 0 aromatic heterocycles. The number of benzene rings is 3. The second-order valence-corrected chi connectivity index (χ2v) is 11.0. The summed E-state index contributed by atoms with van der Waals surface area (Å²) in [6, 6.07) is 18.4. The van der Waals surface area contributed by atoms with E-state index in [1.165, 1.54) is 17.0 Å². The summed E-state index contributed by atoms with van der Waals surface area (Å²) in [5.74, 6) is -0.760. The topological polar surface area (TPSA) is 82.2 Å². The third kappa shape index (κ3) is 5.67. The van der Waals surface area contributed by atoms with Crippen molar-refractivity contribution in [3.8, 4) is 5.75 Å². The Morgan fingerprint density at radius 2 is 1.76 bits per heavy atom. The number of amides is 3. The summed E-state index contributed by atoms with van der Waals surface area (Å²) >= 11 is 0. The Morgan fingerprint density at radius 3 is 2.51 bits per heavy atom. The zero-order valence-corrected chi connectivity index (χ0v) is 23.1. The zero-order chi connectivity index (χ0) is 28.5. The molecule has 1 atom stereocenters. The molecular formula is C32H33FN4O4. The summed E-state index contributed by atoms with van der Waals surface area (Å²) in [6.07, 6.45) is 0.455. The van der Waals surface area contributed by atoms with Gasteiger partial charge in [0.1, 0.15) is 24.2 Å². The molecule has 3 heterocycles. The van der Waals surface area contributed by atoms with Gasteiger partial charge in [-0.25, -0.2) is 4.39 Å². The predicted octanol–water partition coefficient (Wildman–Crippen LogP) is 3.80. The lowest BCUT2D eigenvalue weighted by Crippen LogP contribution is -2.52. The number of carbonyl (C=O) groups is 3. The molecule has 1 unspecified atom stereocenters. The maximum absolute atomic E-state index is 14.7. The summed E-state index contributed by atoms with van der Waals surface area (Å²) in [4.78, 5) is 43.2. The maximum Gasteiger partial charge on any atom is 0.255 e. The number of piperidine rings is 1. The molecule has 0 spiro atoms. The van der Waals surface area contributed by atoms with Gasteiger partial charge in [-0.1, -0.05) is 42.5 Å². The number of halogens is 1. The van der Waals surface area contributed by atoms with E-state index in [1.54, 1.807) is 0 Å². The number of hydrogen-bond acceptors (Lipinski definition) is 6. The number of rotatable bonds is 7. The zero-order valence-electron chi connectivity index (χ0n) is 23.1. The van der Waals surface area contributed by atoms with Crippen LogP contribution in [0.1, 0.15) is 45.5 Å². The van der Waals surface area contributed by atoms with Gasteiger partial charge in [0.05, 0.1) is 0 Å². The van der Waals surface area contributed by atoms with Crippen molar-refractivity contribution in [1.29, 1.82) is 0 Å². The minimum atomic E-state index is -0.729. The molecule has 3 aromatic rings. The van der Waals surface area contributed by atoms with Gasteiger partial charge < -0.3 is 14.5 Å². The first-order valence-electron chi connectivity index (χ1n) is 14.1. The molecule has 0 aliphatic carbocycles. The molecule has 9 heteroatoms. The Labute approximate surface area is 238 Å². The average molecular weight is 557 g/mol. The molecule has 3 aliphatic rings. The van der Waals surface area contributed by atoms with E-state index in [9.17, 15) is 18.8 Å². The van der Waals surface area contributed by atoms with Crippen LogP contribution in [0.3, 0.4) is 0 Å². The molecule has 6 rings (SSSR count). The van der Waals surface area contributed by atoms with Crippen LogP contribution in [-0.2, 0) is 29.3 Å². The Kier molecular flexibility index (Phi) is 7.45. The van der Waals surface area contributed by atoms with E-state index in [2.05, 4.69) is 52.4 Å². The number of piperazine rings is 1. The average Bonchev–Trinajstić information content (AvgIpc) is 3.29. The first kappa shape index (κ1) is 27.0. The van der Waals surface area contributed by atoms with Crippen LogP contribution in [0, 0.1) is 12.7 Å². The van der Waals surface area contributed by atoms with Gasteiger partial charge in [-0.05, 0) is 42.7 Å². The van der Waals surface area contributed by atoms with Crippen molar-refractivity contribution in [2.24, 2.45) is 0 Å². The molecule has 41 heavy (non-hydrogen) atoms. The number of ether oxygens (including phenoxy) is 1. The second-order valence-electron chi connectivity index (χ2n) is 11.0. The SMILES string of the molecule is Cc1ccc(CN2CCN(c3cc(F)cc4c3CN(C3CCC(=O)NC3=O)C4=O)CC2)c(OCc2ccccc2)c1. The number of nitrogens with zero attached hydrogens (tertiary/aromatic N) is 3. The van der Waals surface area contributed by atoms with E-state index in [0.29, 0.717) is 30.9 Å². The third-order valence-electron chi connectivity index (χ3n) is 8.16. The van der Waals surface area contributed by atoms with Crippen LogP contribution in [0.4, 0.5) is 10.1 Å². The molecule has 3 aliphatic heterocycles. The Hall–Kier alpha value is -4.24.